The summed E-state index contributed by atoms with van der Waals surface area (Å²) in [6.07, 6.45) is 2.48. The molecule has 2 amide bonds. The smallest absolute Gasteiger partial charge is 0.227 e. The molecule has 0 aliphatic heterocycles. The van der Waals surface area contributed by atoms with Crippen molar-refractivity contribution in [3.8, 4) is 16.3 Å². The second kappa shape index (κ2) is 12.1. The Morgan fingerprint density at radius 3 is 2.52 bits per heavy atom. The maximum atomic E-state index is 12.3. The van der Waals surface area contributed by atoms with Gasteiger partial charge in [-0.25, -0.2) is 0 Å². The Balaban J connectivity index is 1.88. The highest BCUT2D eigenvalue weighted by Gasteiger charge is 2.15. The number of hydrogen-bond donors (Lipinski definition) is 1. The molecular weight excluding hydrogens is 392 g/mol. The molecule has 2 aromatic rings. The SMILES string of the molecule is CCCCC(=O)N(CCOC)CCC(=O)Nc1nnc(-c2ccc(OC)cc2)s1. The Kier molecular flexibility index (Phi) is 9.52. The van der Waals surface area contributed by atoms with Gasteiger partial charge < -0.3 is 19.7 Å². The topological polar surface area (TPSA) is 93.7 Å². The van der Waals surface area contributed by atoms with Crippen molar-refractivity contribution in [3.05, 3.63) is 24.3 Å². The summed E-state index contributed by atoms with van der Waals surface area (Å²) in [6.45, 7) is 3.32. The maximum absolute atomic E-state index is 12.3. The summed E-state index contributed by atoms with van der Waals surface area (Å²) in [6, 6.07) is 7.47. The molecule has 0 atom stereocenters. The lowest BCUT2D eigenvalue weighted by Gasteiger charge is -2.22. The van der Waals surface area contributed by atoms with Crippen molar-refractivity contribution in [2.45, 2.75) is 32.6 Å². The lowest BCUT2D eigenvalue weighted by atomic mass is 10.2. The molecule has 1 N–H and O–H groups in total. The molecule has 0 radical (unpaired) electrons. The predicted octanol–water partition coefficient (Wildman–Crippen LogP) is 3.21. The lowest BCUT2D eigenvalue weighted by Crippen LogP contribution is -2.36. The van der Waals surface area contributed by atoms with Crippen LogP contribution in [0, 0.1) is 0 Å². The molecule has 8 nitrogen and oxygen atoms in total. The summed E-state index contributed by atoms with van der Waals surface area (Å²) >= 11 is 1.30. The van der Waals surface area contributed by atoms with Gasteiger partial charge in [0.1, 0.15) is 10.8 Å². The maximum Gasteiger partial charge on any atom is 0.227 e. The minimum Gasteiger partial charge on any atom is -0.497 e. The van der Waals surface area contributed by atoms with Crippen LogP contribution in [0.1, 0.15) is 32.6 Å². The fourth-order valence-corrected chi connectivity index (χ4v) is 3.36. The van der Waals surface area contributed by atoms with Crippen LogP contribution in [-0.2, 0) is 14.3 Å². The number of hydrogen-bond acceptors (Lipinski definition) is 7. The number of carbonyl (C=O) groups excluding carboxylic acids is 2. The van der Waals surface area contributed by atoms with Gasteiger partial charge in [0.15, 0.2) is 0 Å². The van der Waals surface area contributed by atoms with Crippen molar-refractivity contribution < 1.29 is 19.1 Å². The molecule has 0 unspecified atom stereocenters. The van der Waals surface area contributed by atoms with E-state index in [0.717, 1.165) is 24.2 Å². The minimum absolute atomic E-state index is 0.0504. The van der Waals surface area contributed by atoms with Gasteiger partial charge >= 0.3 is 0 Å². The van der Waals surface area contributed by atoms with Crippen molar-refractivity contribution in [3.63, 3.8) is 0 Å². The van der Waals surface area contributed by atoms with Gasteiger partial charge in [-0.15, -0.1) is 10.2 Å². The normalized spacial score (nSPS) is 10.6. The fraction of sp³-hybridized carbons (Fsp3) is 0.500. The largest absolute Gasteiger partial charge is 0.497 e. The molecule has 158 valence electrons. The van der Waals surface area contributed by atoms with Crippen molar-refractivity contribution in [2.75, 3.05) is 39.2 Å². The minimum atomic E-state index is -0.201. The van der Waals surface area contributed by atoms with Gasteiger partial charge in [0.2, 0.25) is 16.9 Å². The van der Waals surface area contributed by atoms with E-state index in [1.54, 1.807) is 19.1 Å². The molecule has 0 aliphatic rings. The zero-order valence-corrected chi connectivity index (χ0v) is 18.0. The number of methoxy groups -OCH3 is 2. The summed E-state index contributed by atoms with van der Waals surface area (Å²) in [5.41, 5.74) is 0.899. The standard InChI is InChI=1S/C20H28N4O4S/c1-4-5-6-18(26)24(13-14-27-2)12-11-17(25)21-20-23-22-19(29-20)15-7-9-16(28-3)10-8-15/h7-10H,4-6,11-14H2,1-3H3,(H,21,23,25). The number of nitrogens with zero attached hydrogens (tertiary/aromatic N) is 3. The summed E-state index contributed by atoms with van der Waals surface area (Å²) in [7, 11) is 3.21. The van der Waals surface area contributed by atoms with E-state index in [-0.39, 0.29) is 18.2 Å². The number of carbonyl (C=O) groups is 2. The number of anilines is 1. The summed E-state index contributed by atoms with van der Waals surface area (Å²) in [5.74, 6) is 0.612. The second-order valence-corrected chi connectivity index (χ2v) is 7.39. The molecule has 0 saturated heterocycles. The van der Waals surface area contributed by atoms with Gasteiger partial charge in [0.25, 0.3) is 0 Å². The van der Waals surface area contributed by atoms with E-state index in [9.17, 15) is 9.59 Å². The van der Waals surface area contributed by atoms with Gasteiger partial charge in [0, 0.05) is 38.6 Å². The Bertz CT molecular complexity index is 779. The summed E-state index contributed by atoms with van der Waals surface area (Å²) in [4.78, 5) is 26.3. The van der Waals surface area contributed by atoms with Crippen molar-refractivity contribution in [2.24, 2.45) is 0 Å². The number of ether oxygens (including phenoxy) is 2. The summed E-state index contributed by atoms with van der Waals surface area (Å²) in [5, 5.41) is 12.1. The van der Waals surface area contributed by atoms with Crippen LogP contribution >= 0.6 is 11.3 Å². The van der Waals surface area contributed by atoms with E-state index >= 15 is 0 Å². The lowest BCUT2D eigenvalue weighted by molar-refractivity contribution is -0.132. The Morgan fingerprint density at radius 2 is 1.86 bits per heavy atom. The molecule has 0 aliphatic carbocycles. The van der Waals surface area contributed by atoms with E-state index in [0.29, 0.717) is 36.3 Å². The molecule has 0 spiro atoms. The van der Waals surface area contributed by atoms with Crippen LogP contribution in [0.2, 0.25) is 0 Å². The Hall–Kier alpha value is -2.52. The number of benzene rings is 1. The van der Waals surface area contributed by atoms with Crippen molar-refractivity contribution in [1.29, 1.82) is 0 Å². The van der Waals surface area contributed by atoms with E-state index in [2.05, 4.69) is 15.5 Å². The third-order valence-corrected chi connectivity index (χ3v) is 5.17. The summed E-state index contributed by atoms with van der Waals surface area (Å²) < 4.78 is 10.2. The average molecular weight is 421 g/mol. The highest BCUT2D eigenvalue weighted by molar-refractivity contribution is 7.18. The number of nitrogens with one attached hydrogen (secondary N) is 1. The van der Waals surface area contributed by atoms with Gasteiger partial charge in [-0.05, 0) is 30.7 Å². The number of amides is 2. The zero-order valence-electron chi connectivity index (χ0n) is 17.1. The molecular formula is C20H28N4O4S. The number of aromatic nitrogens is 2. The zero-order chi connectivity index (χ0) is 21.1. The van der Waals surface area contributed by atoms with Crippen LogP contribution in [0.4, 0.5) is 5.13 Å². The first kappa shape index (κ1) is 22.8. The van der Waals surface area contributed by atoms with Crippen molar-refractivity contribution in [1.82, 2.24) is 15.1 Å². The fourth-order valence-electron chi connectivity index (χ4n) is 2.59. The number of unbranched alkanes of at least 4 members (excludes halogenated alkanes) is 1. The van der Waals surface area contributed by atoms with E-state index in [4.69, 9.17) is 9.47 Å². The van der Waals surface area contributed by atoms with Crippen LogP contribution in [-0.4, -0.2) is 60.8 Å². The molecule has 29 heavy (non-hydrogen) atoms. The highest BCUT2D eigenvalue weighted by Crippen LogP contribution is 2.27. The van der Waals surface area contributed by atoms with Gasteiger partial charge in [-0.3, -0.25) is 9.59 Å². The van der Waals surface area contributed by atoms with Crippen LogP contribution < -0.4 is 10.1 Å². The number of rotatable bonds is 12. The Morgan fingerprint density at radius 1 is 1.10 bits per heavy atom. The molecule has 1 heterocycles. The van der Waals surface area contributed by atoms with Gasteiger partial charge in [-0.2, -0.15) is 0 Å². The average Bonchev–Trinajstić information content (AvgIpc) is 3.20. The molecule has 0 fully saturated rings. The molecule has 1 aromatic heterocycles. The van der Waals surface area contributed by atoms with Crippen LogP contribution in [0.25, 0.3) is 10.6 Å². The molecule has 9 heteroatoms. The predicted molar refractivity (Wildman–Crippen MR) is 113 cm³/mol. The van der Waals surface area contributed by atoms with Gasteiger partial charge in [0.05, 0.1) is 13.7 Å². The monoisotopic (exact) mass is 420 g/mol. The van der Waals surface area contributed by atoms with Crippen LogP contribution in [0.3, 0.4) is 0 Å². The highest BCUT2D eigenvalue weighted by atomic mass is 32.1. The van der Waals surface area contributed by atoms with Crippen LogP contribution in [0.15, 0.2) is 24.3 Å². The third kappa shape index (κ3) is 7.43. The first-order chi connectivity index (χ1) is 14.1. The molecule has 1 aromatic carbocycles. The first-order valence-electron chi connectivity index (χ1n) is 9.61. The molecule has 0 saturated carbocycles. The quantitative estimate of drug-likeness (QED) is 0.567. The molecule has 2 rings (SSSR count). The molecule has 0 bridgehead atoms. The van der Waals surface area contributed by atoms with Crippen molar-refractivity contribution >= 4 is 28.3 Å². The van der Waals surface area contributed by atoms with Crippen LogP contribution in [0.5, 0.6) is 5.75 Å². The Labute approximate surface area is 175 Å². The van der Waals surface area contributed by atoms with E-state index in [1.807, 2.05) is 31.2 Å². The van der Waals surface area contributed by atoms with Gasteiger partial charge in [-0.1, -0.05) is 24.7 Å². The first-order valence-corrected chi connectivity index (χ1v) is 10.4. The van der Waals surface area contributed by atoms with E-state index < -0.39 is 0 Å². The second-order valence-electron chi connectivity index (χ2n) is 6.42. The third-order valence-electron chi connectivity index (χ3n) is 4.28. The van der Waals surface area contributed by atoms with E-state index in [1.165, 1.54) is 11.3 Å².